The number of hydrogen-bond acceptors (Lipinski definition) is 6. The van der Waals surface area contributed by atoms with Crippen LogP contribution < -0.4 is 0 Å². The Morgan fingerprint density at radius 3 is 2.31 bits per heavy atom. The zero-order valence-corrected chi connectivity index (χ0v) is 19.3. The molecule has 0 fully saturated rings. The van der Waals surface area contributed by atoms with Crippen molar-refractivity contribution in [1.29, 1.82) is 0 Å². The number of carbonyl (C=O) groups is 2. The Bertz CT molecular complexity index is 1540. The third kappa shape index (κ3) is 3.94. The van der Waals surface area contributed by atoms with Gasteiger partial charge in [0.15, 0.2) is 0 Å². The molecule has 1 aliphatic rings. The smallest absolute Gasteiger partial charge is 0.269 e. The fourth-order valence-electron chi connectivity index (χ4n) is 4.41. The molecule has 5 rings (SSSR count). The third-order valence-electron chi connectivity index (χ3n) is 6.14. The minimum absolute atomic E-state index is 0.00353. The monoisotopic (exact) mass is 466 g/mol. The molecule has 0 aromatic heterocycles. The van der Waals surface area contributed by atoms with Crippen LogP contribution in [0.4, 0.5) is 11.4 Å². The first-order chi connectivity index (χ1) is 16.8. The van der Waals surface area contributed by atoms with Crippen LogP contribution in [0.5, 0.6) is 0 Å². The normalized spacial score (nSPS) is 13.5. The molecule has 0 spiro atoms. The summed E-state index contributed by atoms with van der Waals surface area (Å²) in [5.41, 5.74) is 2.26. The van der Waals surface area contributed by atoms with Gasteiger partial charge in [-0.05, 0) is 60.8 Å². The van der Waals surface area contributed by atoms with Gasteiger partial charge in [0.1, 0.15) is 0 Å². The number of fused-ring (bicyclic) bond motifs is 2. The second kappa shape index (κ2) is 8.73. The van der Waals surface area contributed by atoms with Crippen molar-refractivity contribution in [3.05, 3.63) is 93.5 Å². The van der Waals surface area contributed by atoms with Gasteiger partial charge in [-0.1, -0.05) is 24.3 Å². The molecule has 0 atom stereocenters. The quantitative estimate of drug-likeness (QED) is 0.134. The first kappa shape index (κ1) is 22.4. The Hall–Kier alpha value is -4.43. The molecule has 0 aliphatic carbocycles. The molecule has 35 heavy (non-hydrogen) atoms. The molecule has 0 bridgehead atoms. The molecule has 0 radical (unpaired) electrons. The Morgan fingerprint density at radius 1 is 0.943 bits per heavy atom. The largest absolute Gasteiger partial charge is 0.308 e. The number of benzene rings is 4. The number of nitro groups is 1. The summed E-state index contributed by atoms with van der Waals surface area (Å²) in [6.07, 6.45) is 1.61. The molecule has 1 heterocycles. The highest BCUT2D eigenvalue weighted by molar-refractivity contribution is 6.31. The van der Waals surface area contributed by atoms with E-state index in [4.69, 9.17) is 0 Å². The van der Waals surface area contributed by atoms with Gasteiger partial charge >= 0.3 is 0 Å². The van der Waals surface area contributed by atoms with Gasteiger partial charge in [-0.2, -0.15) is 0 Å². The van der Waals surface area contributed by atoms with Gasteiger partial charge in [0, 0.05) is 47.8 Å². The van der Waals surface area contributed by atoms with E-state index in [9.17, 15) is 19.7 Å². The van der Waals surface area contributed by atoms with E-state index in [0.29, 0.717) is 39.7 Å². The first-order valence-corrected chi connectivity index (χ1v) is 11.1. The highest BCUT2D eigenvalue weighted by Gasteiger charge is 2.34. The second-order valence-electron chi connectivity index (χ2n) is 8.70. The highest BCUT2D eigenvalue weighted by Crippen LogP contribution is 2.39. The second-order valence-corrected chi connectivity index (χ2v) is 8.70. The van der Waals surface area contributed by atoms with Crippen LogP contribution in [0.15, 0.2) is 71.7 Å². The maximum absolute atomic E-state index is 13.7. The van der Waals surface area contributed by atoms with Gasteiger partial charge in [-0.3, -0.25) is 29.6 Å². The predicted octanol–water partition coefficient (Wildman–Crippen LogP) is 4.81. The zero-order valence-electron chi connectivity index (χ0n) is 19.3. The van der Waals surface area contributed by atoms with E-state index in [1.165, 1.54) is 17.0 Å². The van der Waals surface area contributed by atoms with E-state index in [1.54, 1.807) is 24.4 Å². The Labute approximate surface area is 201 Å². The number of likely N-dealkylation sites (N-methyl/N-ethyl adjacent to an activating group) is 1. The van der Waals surface area contributed by atoms with Gasteiger partial charge in [0.25, 0.3) is 17.5 Å². The van der Waals surface area contributed by atoms with Crippen LogP contribution in [0.25, 0.3) is 21.5 Å². The minimum atomic E-state index is -0.450. The van der Waals surface area contributed by atoms with Crippen molar-refractivity contribution in [1.82, 2.24) is 9.80 Å². The van der Waals surface area contributed by atoms with Gasteiger partial charge in [-0.15, -0.1) is 0 Å². The number of nitrogens with zero attached hydrogens (tertiary/aromatic N) is 4. The van der Waals surface area contributed by atoms with Crippen molar-refractivity contribution in [2.45, 2.75) is 0 Å². The molecule has 174 valence electrons. The lowest BCUT2D eigenvalue weighted by Crippen LogP contribution is -2.43. The third-order valence-corrected chi connectivity index (χ3v) is 6.14. The maximum Gasteiger partial charge on any atom is 0.269 e. The standard InChI is InChI=1S/C27H22N4O4/c1-29(2)13-14-30-26(32)21-7-3-5-18-15-19-6-4-8-22(24(19)25(23(18)21)27(30)33)28-16-17-9-11-20(12-10-17)31(34)35/h3-12,15-16H,13-14H2,1-2H3. The molecule has 2 amide bonds. The van der Waals surface area contributed by atoms with Gasteiger partial charge in [-0.25, -0.2) is 0 Å². The molecule has 1 aliphatic heterocycles. The average Bonchev–Trinajstić information content (AvgIpc) is 2.84. The van der Waals surface area contributed by atoms with Gasteiger partial charge in [0.05, 0.1) is 16.2 Å². The summed E-state index contributed by atoms with van der Waals surface area (Å²) >= 11 is 0. The topological polar surface area (TPSA) is 96.1 Å². The van der Waals surface area contributed by atoms with Crippen molar-refractivity contribution < 1.29 is 14.5 Å². The van der Waals surface area contributed by atoms with E-state index in [1.807, 2.05) is 55.4 Å². The predicted molar refractivity (Wildman–Crippen MR) is 136 cm³/mol. The van der Waals surface area contributed by atoms with Crippen molar-refractivity contribution in [2.75, 3.05) is 27.2 Å². The summed E-state index contributed by atoms with van der Waals surface area (Å²) < 4.78 is 0. The zero-order chi connectivity index (χ0) is 24.7. The van der Waals surface area contributed by atoms with Crippen molar-refractivity contribution in [3.8, 4) is 0 Å². The molecular formula is C27H22N4O4. The van der Waals surface area contributed by atoms with Crippen LogP contribution >= 0.6 is 0 Å². The van der Waals surface area contributed by atoms with E-state index in [-0.39, 0.29) is 24.0 Å². The number of aliphatic imine (C=N–C) groups is 1. The highest BCUT2D eigenvalue weighted by atomic mass is 16.6. The molecule has 0 unspecified atom stereocenters. The Balaban J connectivity index is 1.69. The number of rotatable bonds is 6. The van der Waals surface area contributed by atoms with Crippen LogP contribution in [0.3, 0.4) is 0 Å². The average molecular weight is 466 g/mol. The fraction of sp³-hybridized carbons (Fsp3) is 0.148. The summed E-state index contributed by atoms with van der Waals surface area (Å²) in [7, 11) is 3.79. The van der Waals surface area contributed by atoms with Crippen molar-refractivity contribution in [2.24, 2.45) is 4.99 Å². The molecule has 0 N–H and O–H groups in total. The van der Waals surface area contributed by atoms with E-state index in [0.717, 1.165) is 10.8 Å². The van der Waals surface area contributed by atoms with Gasteiger partial charge in [0.2, 0.25) is 0 Å². The lowest BCUT2D eigenvalue weighted by molar-refractivity contribution is -0.384. The SMILES string of the molecule is CN(C)CCN1C(=O)c2cccc3cc4cccc(N=Cc5ccc([N+](=O)[O-])cc5)c4c(c23)C1=O. The number of amides is 2. The van der Waals surface area contributed by atoms with E-state index >= 15 is 0 Å². The molecule has 4 aromatic carbocycles. The summed E-state index contributed by atoms with van der Waals surface area (Å²) in [5, 5.41) is 13.9. The van der Waals surface area contributed by atoms with E-state index < -0.39 is 4.92 Å². The summed E-state index contributed by atoms with van der Waals surface area (Å²) in [6, 6.07) is 19.2. The number of nitro benzene ring substituents is 1. The summed E-state index contributed by atoms with van der Waals surface area (Å²) in [5.74, 6) is -0.620. The van der Waals surface area contributed by atoms with Crippen LogP contribution in [0.2, 0.25) is 0 Å². The maximum atomic E-state index is 13.7. The van der Waals surface area contributed by atoms with Crippen molar-refractivity contribution in [3.63, 3.8) is 0 Å². The number of hydrogen-bond donors (Lipinski definition) is 0. The summed E-state index contributed by atoms with van der Waals surface area (Å²) in [6.45, 7) is 0.837. The fourth-order valence-corrected chi connectivity index (χ4v) is 4.41. The van der Waals surface area contributed by atoms with Crippen LogP contribution in [-0.4, -0.2) is 59.9 Å². The van der Waals surface area contributed by atoms with Crippen LogP contribution in [-0.2, 0) is 0 Å². The molecule has 4 aromatic rings. The molecule has 0 saturated heterocycles. The Kier molecular flexibility index (Phi) is 5.58. The number of carbonyl (C=O) groups excluding carboxylic acids is 2. The van der Waals surface area contributed by atoms with Crippen LogP contribution in [0.1, 0.15) is 26.3 Å². The number of non-ortho nitro benzene ring substituents is 1. The molecule has 8 nitrogen and oxygen atoms in total. The summed E-state index contributed by atoms with van der Waals surface area (Å²) in [4.78, 5) is 45.3. The molecule has 8 heteroatoms. The lowest BCUT2D eigenvalue weighted by atomic mass is 9.89. The van der Waals surface area contributed by atoms with E-state index in [2.05, 4.69) is 4.99 Å². The first-order valence-electron chi connectivity index (χ1n) is 11.1. The van der Waals surface area contributed by atoms with Crippen molar-refractivity contribution >= 4 is 50.9 Å². The molecule has 0 saturated carbocycles. The van der Waals surface area contributed by atoms with Crippen LogP contribution in [0, 0.1) is 10.1 Å². The number of imide groups is 1. The molecular weight excluding hydrogens is 444 g/mol. The Morgan fingerprint density at radius 2 is 1.63 bits per heavy atom. The van der Waals surface area contributed by atoms with Gasteiger partial charge < -0.3 is 4.90 Å². The lowest BCUT2D eigenvalue weighted by Gasteiger charge is -2.29. The minimum Gasteiger partial charge on any atom is -0.308 e.